The zero-order valence-corrected chi connectivity index (χ0v) is 32.1. The highest BCUT2D eigenvalue weighted by Gasteiger charge is 2.29. The standard InChI is InChI=1S/C16H22N6O4S.C9H18N2O2.C6H6N4OS/c1-16(2,3)26-15(24)19-9-5-6-22(7-9)14(23)21-13-20-10-11(25-4)17-8-18-12(10)27-13;1-9(2,3)13-8(12)11-7-4-5-10-6-7;1-11-4-3-5(9-2-8-4)12-6(7)10-3/h8-9H,5-7H2,1-4H3,(H,19,24)(H,20,21,23);7,10H,4-6H2,1-3H3,(H,11,12);2H,1H3,(H2,7,10)/t9-;7-;/m11./s1. The Kier molecular flexibility index (Phi) is 13.5. The Balaban J connectivity index is 0.000000200. The number of aromatic nitrogens is 6. The Morgan fingerprint density at radius 2 is 1.38 bits per heavy atom. The van der Waals surface area contributed by atoms with Crippen LogP contribution >= 0.6 is 22.7 Å². The fourth-order valence-electron chi connectivity index (χ4n) is 4.80. The van der Waals surface area contributed by atoms with Crippen molar-refractivity contribution in [3.63, 3.8) is 0 Å². The molecule has 4 aromatic rings. The van der Waals surface area contributed by atoms with E-state index in [9.17, 15) is 14.4 Å². The van der Waals surface area contributed by atoms with Gasteiger partial charge in [0.1, 0.15) is 23.9 Å². The van der Waals surface area contributed by atoms with Crippen molar-refractivity contribution in [1.29, 1.82) is 0 Å². The number of ether oxygens (including phenoxy) is 4. The van der Waals surface area contributed by atoms with Crippen molar-refractivity contribution in [2.24, 2.45) is 0 Å². The molecule has 6 heterocycles. The molecule has 6 rings (SSSR count). The van der Waals surface area contributed by atoms with Crippen molar-refractivity contribution < 1.29 is 33.3 Å². The number of urea groups is 1. The summed E-state index contributed by atoms with van der Waals surface area (Å²) in [7, 11) is 3.04. The predicted octanol–water partition coefficient (Wildman–Crippen LogP) is 3.78. The van der Waals surface area contributed by atoms with Gasteiger partial charge < -0.3 is 45.5 Å². The minimum atomic E-state index is -0.559. The maximum atomic E-state index is 12.5. The number of nitrogens with two attached hydrogens (primary N) is 1. The lowest BCUT2D eigenvalue weighted by Gasteiger charge is -2.22. The summed E-state index contributed by atoms with van der Waals surface area (Å²) < 4.78 is 20.5. The van der Waals surface area contributed by atoms with Gasteiger partial charge >= 0.3 is 18.2 Å². The summed E-state index contributed by atoms with van der Waals surface area (Å²) in [6, 6.07) is -0.198. The number of carbonyl (C=O) groups is 3. The molecule has 0 unspecified atom stereocenters. The molecule has 0 bridgehead atoms. The first-order chi connectivity index (χ1) is 24.5. The molecule has 0 saturated carbocycles. The Bertz CT molecular complexity index is 1820. The topological polar surface area (TPSA) is 243 Å². The third-order valence-corrected chi connectivity index (χ3v) is 8.59. The second-order valence-corrected chi connectivity index (χ2v) is 15.5. The van der Waals surface area contributed by atoms with E-state index in [1.807, 2.05) is 20.8 Å². The molecule has 4 aromatic heterocycles. The van der Waals surface area contributed by atoms with Gasteiger partial charge in [-0.3, -0.25) is 5.32 Å². The summed E-state index contributed by atoms with van der Waals surface area (Å²) in [4.78, 5) is 62.9. The Labute approximate surface area is 308 Å². The van der Waals surface area contributed by atoms with Crippen LogP contribution < -0.4 is 36.5 Å². The molecule has 4 amide bonds. The van der Waals surface area contributed by atoms with Gasteiger partial charge in [-0.1, -0.05) is 22.7 Å². The molecule has 0 aromatic carbocycles. The van der Waals surface area contributed by atoms with E-state index < -0.39 is 17.3 Å². The number of nitrogens with one attached hydrogen (secondary N) is 4. The zero-order valence-electron chi connectivity index (χ0n) is 30.4. The first-order valence-electron chi connectivity index (χ1n) is 16.4. The van der Waals surface area contributed by atoms with Crippen LogP contribution in [0.1, 0.15) is 54.4 Å². The van der Waals surface area contributed by atoms with Crippen molar-refractivity contribution in [3.05, 3.63) is 12.7 Å². The number of nitrogen functional groups attached to an aromatic ring is 1. The van der Waals surface area contributed by atoms with E-state index in [1.54, 1.807) is 25.7 Å². The lowest BCUT2D eigenvalue weighted by Crippen LogP contribution is -2.42. The van der Waals surface area contributed by atoms with E-state index in [4.69, 9.17) is 24.7 Å². The molecule has 0 radical (unpaired) electrons. The molecule has 284 valence electrons. The number of alkyl carbamates (subject to hydrolysis) is 2. The molecule has 2 aliphatic heterocycles. The molecule has 0 aliphatic carbocycles. The maximum Gasteiger partial charge on any atom is 0.407 e. The van der Waals surface area contributed by atoms with Gasteiger partial charge in [-0.25, -0.2) is 34.3 Å². The molecular weight excluding hydrogens is 717 g/mol. The second kappa shape index (κ2) is 17.6. The third-order valence-electron chi connectivity index (χ3n) is 6.92. The van der Waals surface area contributed by atoms with E-state index in [2.05, 4.69) is 51.2 Å². The third kappa shape index (κ3) is 12.1. The first-order valence-corrected chi connectivity index (χ1v) is 18.0. The minimum absolute atomic E-state index is 0.146. The van der Waals surface area contributed by atoms with Crippen LogP contribution in [-0.2, 0) is 9.47 Å². The maximum absolute atomic E-state index is 12.5. The van der Waals surface area contributed by atoms with E-state index in [1.165, 1.54) is 49.5 Å². The summed E-state index contributed by atoms with van der Waals surface area (Å²) in [5.74, 6) is 0.826. The molecule has 2 atom stereocenters. The number of likely N-dealkylation sites (tertiary alicyclic amines) is 1. The van der Waals surface area contributed by atoms with Crippen LogP contribution in [0.4, 0.5) is 24.6 Å². The molecule has 19 nitrogen and oxygen atoms in total. The molecule has 0 spiro atoms. The number of hydrogen-bond donors (Lipinski definition) is 5. The average Bonchev–Trinajstić information content (AvgIpc) is 3.86. The largest absolute Gasteiger partial charge is 0.479 e. The van der Waals surface area contributed by atoms with Gasteiger partial charge in [0, 0.05) is 25.7 Å². The van der Waals surface area contributed by atoms with Gasteiger partial charge in [0.05, 0.1) is 20.3 Å². The molecule has 2 aliphatic rings. The summed E-state index contributed by atoms with van der Waals surface area (Å²) in [5, 5.41) is 12.4. The highest BCUT2D eigenvalue weighted by atomic mass is 32.1. The van der Waals surface area contributed by atoms with Crippen LogP contribution in [0.5, 0.6) is 11.8 Å². The summed E-state index contributed by atoms with van der Waals surface area (Å²) in [6.45, 7) is 13.7. The minimum Gasteiger partial charge on any atom is -0.479 e. The number of methoxy groups -OCH3 is 2. The summed E-state index contributed by atoms with van der Waals surface area (Å²) in [5.41, 5.74) is 5.67. The lowest BCUT2D eigenvalue weighted by molar-refractivity contribution is 0.0495. The van der Waals surface area contributed by atoms with E-state index >= 15 is 0 Å². The Morgan fingerprint density at radius 1 is 0.827 bits per heavy atom. The van der Waals surface area contributed by atoms with Gasteiger partial charge in [-0.05, 0) is 60.9 Å². The van der Waals surface area contributed by atoms with Crippen molar-refractivity contribution in [1.82, 2.24) is 50.8 Å². The van der Waals surface area contributed by atoms with Gasteiger partial charge in [-0.15, -0.1) is 0 Å². The van der Waals surface area contributed by atoms with E-state index in [-0.39, 0.29) is 24.2 Å². The number of fused-ring (bicyclic) bond motifs is 2. The number of amides is 4. The van der Waals surface area contributed by atoms with Crippen molar-refractivity contribution in [2.45, 2.75) is 77.7 Å². The number of rotatable bonds is 5. The number of thiazole rings is 2. The number of anilines is 2. The smallest absolute Gasteiger partial charge is 0.407 e. The molecule has 21 heteroatoms. The van der Waals surface area contributed by atoms with Gasteiger partial charge in [0.25, 0.3) is 0 Å². The van der Waals surface area contributed by atoms with Gasteiger partial charge in [-0.2, -0.15) is 9.97 Å². The highest BCUT2D eigenvalue weighted by molar-refractivity contribution is 7.22. The van der Waals surface area contributed by atoms with Crippen LogP contribution in [-0.4, -0.2) is 117 Å². The highest BCUT2D eigenvalue weighted by Crippen LogP contribution is 2.29. The quantitative estimate of drug-likeness (QED) is 0.194. The predicted molar refractivity (Wildman–Crippen MR) is 197 cm³/mol. The van der Waals surface area contributed by atoms with Crippen molar-refractivity contribution in [2.75, 3.05) is 51.4 Å². The fraction of sp³-hybridized carbons (Fsp3) is 0.581. The van der Waals surface area contributed by atoms with Crippen LogP contribution in [0.2, 0.25) is 0 Å². The number of carbonyl (C=O) groups excluding carboxylic acids is 3. The number of nitrogens with zero attached hydrogens (tertiary/aromatic N) is 7. The van der Waals surface area contributed by atoms with Crippen LogP contribution in [0, 0.1) is 0 Å². The van der Waals surface area contributed by atoms with E-state index in [0.717, 1.165) is 24.3 Å². The first kappa shape index (κ1) is 39.9. The Hall–Kier alpha value is -4.89. The second-order valence-electron chi connectivity index (χ2n) is 13.5. The molecular formula is C31H46N12O7S2. The molecule has 2 saturated heterocycles. The number of hydrogen-bond acceptors (Lipinski definition) is 17. The van der Waals surface area contributed by atoms with Crippen LogP contribution in [0.25, 0.3) is 20.7 Å². The Morgan fingerprint density at radius 3 is 1.92 bits per heavy atom. The fourth-order valence-corrected chi connectivity index (χ4v) is 6.25. The van der Waals surface area contributed by atoms with Crippen molar-refractivity contribution >= 4 is 71.8 Å². The van der Waals surface area contributed by atoms with Crippen molar-refractivity contribution in [3.8, 4) is 11.8 Å². The molecule has 2 fully saturated rings. The zero-order chi connectivity index (χ0) is 38.1. The van der Waals surface area contributed by atoms with Crippen LogP contribution in [0.3, 0.4) is 0 Å². The summed E-state index contributed by atoms with van der Waals surface area (Å²) >= 11 is 2.56. The molecule has 52 heavy (non-hydrogen) atoms. The van der Waals surface area contributed by atoms with Gasteiger partial charge in [0.2, 0.25) is 11.8 Å². The van der Waals surface area contributed by atoms with Gasteiger partial charge in [0.15, 0.2) is 31.0 Å². The molecule has 6 N–H and O–H groups in total. The average molecular weight is 763 g/mol. The SMILES string of the molecule is CC(C)(C)OC(=O)N[C@@H]1CCNC1.COc1ncnc2sc(N)nc12.COc1ncnc2sc(NC(=O)N3CC[C@@H](NC(=O)OC(C)(C)C)C3)nc12. The normalized spacial score (nSPS) is 17.0. The van der Waals surface area contributed by atoms with E-state index in [0.29, 0.717) is 57.4 Å². The van der Waals surface area contributed by atoms with Crippen LogP contribution in [0.15, 0.2) is 12.7 Å². The monoisotopic (exact) mass is 762 g/mol. The summed E-state index contributed by atoms with van der Waals surface area (Å²) in [6.07, 6.45) is 3.66. The lowest BCUT2D eigenvalue weighted by atomic mass is 10.2.